The first-order valence-electron chi connectivity index (χ1n) is 4.66. The predicted octanol–water partition coefficient (Wildman–Crippen LogP) is 1.36. The maximum Gasteiger partial charge on any atom is 0.0518 e. The van der Waals surface area contributed by atoms with Crippen LogP contribution in [0.5, 0.6) is 0 Å². The van der Waals surface area contributed by atoms with E-state index in [9.17, 15) is 0 Å². The second-order valence-corrected chi connectivity index (χ2v) is 3.29. The SMILES string of the molecule is CCCN1CC(COCC)C1. The van der Waals surface area contributed by atoms with E-state index in [-0.39, 0.29) is 0 Å². The van der Waals surface area contributed by atoms with Crippen LogP contribution in [-0.4, -0.2) is 37.7 Å². The van der Waals surface area contributed by atoms with Crippen LogP contribution in [0.25, 0.3) is 0 Å². The van der Waals surface area contributed by atoms with Crippen molar-refractivity contribution >= 4 is 0 Å². The van der Waals surface area contributed by atoms with E-state index in [0.717, 1.165) is 19.1 Å². The number of nitrogens with zero attached hydrogens (tertiary/aromatic N) is 1. The van der Waals surface area contributed by atoms with Crippen molar-refractivity contribution in [2.24, 2.45) is 5.92 Å². The zero-order chi connectivity index (χ0) is 8.10. The first kappa shape index (κ1) is 9.01. The Morgan fingerprint density at radius 2 is 2.09 bits per heavy atom. The minimum absolute atomic E-state index is 0.821. The summed E-state index contributed by atoms with van der Waals surface area (Å²) < 4.78 is 5.34. The molecule has 1 saturated heterocycles. The molecule has 0 bridgehead atoms. The van der Waals surface area contributed by atoms with E-state index in [1.54, 1.807) is 0 Å². The standard InChI is InChI=1S/C9H19NO/c1-3-5-10-6-9(7-10)8-11-4-2/h9H,3-8H2,1-2H3. The number of hydrogen-bond donors (Lipinski definition) is 0. The molecule has 1 heterocycles. The molecule has 0 amide bonds. The van der Waals surface area contributed by atoms with Crippen molar-refractivity contribution in [1.29, 1.82) is 0 Å². The molecule has 11 heavy (non-hydrogen) atoms. The van der Waals surface area contributed by atoms with Crippen molar-refractivity contribution < 1.29 is 4.74 Å². The van der Waals surface area contributed by atoms with Gasteiger partial charge in [0.1, 0.15) is 0 Å². The van der Waals surface area contributed by atoms with E-state index in [1.165, 1.54) is 26.1 Å². The van der Waals surface area contributed by atoms with E-state index in [0.29, 0.717) is 0 Å². The summed E-state index contributed by atoms with van der Waals surface area (Å²) in [6.45, 7) is 9.91. The third kappa shape index (κ3) is 2.80. The summed E-state index contributed by atoms with van der Waals surface area (Å²) in [5, 5.41) is 0. The van der Waals surface area contributed by atoms with E-state index in [1.807, 2.05) is 0 Å². The maximum absolute atomic E-state index is 5.34. The van der Waals surface area contributed by atoms with Crippen LogP contribution in [0.1, 0.15) is 20.3 Å². The van der Waals surface area contributed by atoms with Crippen molar-refractivity contribution in [1.82, 2.24) is 4.90 Å². The molecule has 0 radical (unpaired) electrons. The molecule has 0 aliphatic carbocycles. The molecule has 2 heteroatoms. The topological polar surface area (TPSA) is 12.5 Å². The van der Waals surface area contributed by atoms with Crippen LogP contribution >= 0.6 is 0 Å². The van der Waals surface area contributed by atoms with Gasteiger partial charge >= 0.3 is 0 Å². The Morgan fingerprint density at radius 3 is 2.64 bits per heavy atom. The van der Waals surface area contributed by atoms with Gasteiger partial charge in [0.05, 0.1) is 6.61 Å². The highest BCUT2D eigenvalue weighted by Gasteiger charge is 2.25. The normalized spacial score (nSPS) is 20.2. The Kier molecular flexibility index (Phi) is 3.87. The van der Waals surface area contributed by atoms with Gasteiger partial charge < -0.3 is 9.64 Å². The second-order valence-electron chi connectivity index (χ2n) is 3.29. The van der Waals surface area contributed by atoms with Crippen LogP contribution in [0, 0.1) is 5.92 Å². The Labute approximate surface area is 69.5 Å². The highest BCUT2D eigenvalue weighted by Crippen LogP contribution is 2.15. The quantitative estimate of drug-likeness (QED) is 0.597. The summed E-state index contributed by atoms with van der Waals surface area (Å²) in [4.78, 5) is 2.49. The van der Waals surface area contributed by atoms with Crippen LogP contribution < -0.4 is 0 Å². The van der Waals surface area contributed by atoms with Crippen molar-refractivity contribution in [2.75, 3.05) is 32.8 Å². The monoisotopic (exact) mass is 157 g/mol. The molecular weight excluding hydrogens is 138 g/mol. The van der Waals surface area contributed by atoms with Gasteiger partial charge in [0.2, 0.25) is 0 Å². The van der Waals surface area contributed by atoms with Crippen LogP contribution in [0.4, 0.5) is 0 Å². The fourth-order valence-corrected chi connectivity index (χ4v) is 1.57. The van der Waals surface area contributed by atoms with E-state index in [2.05, 4.69) is 18.7 Å². The molecular formula is C9H19NO. The lowest BCUT2D eigenvalue weighted by Crippen LogP contribution is -2.48. The molecule has 2 nitrogen and oxygen atoms in total. The van der Waals surface area contributed by atoms with Gasteiger partial charge in [-0.15, -0.1) is 0 Å². The molecule has 0 aromatic carbocycles. The van der Waals surface area contributed by atoms with Crippen LogP contribution in [0.3, 0.4) is 0 Å². The van der Waals surface area contributed by atoms with Gasteiger partial charge in [-0.2, -0.15) is 0 Å². The van der Waals surface area contributed by atoms with Gasteiger partial charge in [-0.3, -0.25) is 0 Å². The Bertz CT molecular complexity index is 99.7. The predicted molar refractivity (Wildman–Crippen MR) is 46.7 cm³/mol. The third-order valence-corrected chi connectivity index (χ3v) is 2.13. The summed E-state index contributed by atoms with van der Waals surface area (Å²) in [5.41, 5.74) is 0. The lowest BCUT2D eigenvalue weighted by molar-refractivity contribution is 0.0191. The highest BCUT2D eigenvalue weighted by atomic mass is 16.5. The molecule has 1 aliphatic rings. The number of ether oxygens (including phenoxy) is 1. The van der Waals surface area contributed by atoms with Crippen molar-refractivity contribution in [3.63, 3.8) is 0 Å². The molecule has 1 rings (SSSR count). The number of likely N-dealkylation sites (tertiary alicyclic amines) is 1. The Balaban J connectivity index is 1.92. The number of hydrogen-bond acceptors (Lipinski definition) is 2. The van der Waals surface area contributed by atoms with Crippen molar-refractivity contribution in [3.05, 3.63) is 0 Å². The fourth-order valence-electron chi connectivity index (χ4n) is 1.57. The fraction of sp³-hybridized carbons (Fsp3) is 1.00. The van der Waals surface area contributed by atoms with Gasteiger partial charge in [-0.25, -0.2) is 0 Å². The summed E-state index contributed by atoms with van der Waals surface area (Å²) in [7, 11) is 0. The lowest BCUT2D eigenvalue weighted by atomic mass is 10.0. The minimum Gasteiger partial charge on any atom is -0.381 e. The summed E-state index contributed by atoms with van der Waals surface area (Å²) in [6.07, 6.45) is 1.28. The van der Waals surface area contributed by atoms with Gasteiger partial charge in [-0.1, -0.05) is 6.92 Å². The van der Waals surface area contributed by atoms with Crippen LogP contribution in [-0.2, 0) is 4.74 Å². The van der Waals surface area contributed by atoms with Gasteiger partial charge in [0, 0.05) is 25.6 Å². The van der Waals surface area contributed by atoms with E-state index < -0.39 is 0 Å². The summed E-state index contributed by atoms with van der Waals surface area (Å²) in [5.74, 6) is 0.821. The maximum atomic E-state index is 5.34. The molecule has 0 atom stereocenters. The van der Waals surface area contributed by atoms with Gasteiger partial charge in [-0.05, 0) is 19.9 Å². The van der Waals surface area contributed by atoms with E-state index in [4.69, 9.17) is 4.74 Å². The smallest absolute Gasteiger partial charge is 0.0518 e. The van der Waals surface area contributed by atoms with Gasteiger partial charge in [0.25, 0.3) is 0 Å². The Hall–Kier alpha value is -0.0800. The minimum atomic E-state index is 0.821. The molecule has 0 spiro atoms. The Morgan fingerprint density at radius 1 is 1.36 bits per heavy atom. The van der Waals surface area contributed by atoms with Crippen molar-refractivity contribution in [3.8, 4) is 0 Å². The van der Waals surface area contributed by atoms with Crippen molar-refractivity contribution in [2.45, 2.75) is 20.3 Å². The molecule has 0 aromatic heterocycles. The molecule has 0 saturated carbocycles. The molecule has 1 fully saturated rings. The number of rotatable bonds is 5. The molecule has 0 aromatic rings. The average molecular weight is 157 g/mol. The second kappa shape index (κ2) is 4.73. The van der Waals surface area contributed by atoms with Gasteiger partial charge in [0.15, 0.2) is 0 Å². The summed E-state index contributed by atoms with van der Waals surface area (Å²) >= 11 is 0. The molecule has 66 valence electrons. The molecule has 0 N–H and O–H groups in total. The first-order valence-corrected chi connectivity index (χ1v) is 4.66. The van der Waals surface area contributed by atoms with E-state index >= 15 is 0 Å². The third-order valence-electron chi connectivity index (χ3n) is 2.13. The average Bonchev–Trinajstić information content (AvgIpc) is 1.94. The highest BCUT2D eigenvalue weighted by molar-refractivity contribution is 4.78. The zero-order valence-electron chi connectivity index (χ0n) is 7.68. The zero-order valence-corrected chi connectivity index (χ0v) is 7.68. The van der Waals surface area contributed by atoms with Crippen LogP contribution in [0.15, 0.2) is 0 Å². The largest absolute Gasteiger partial charge is 0.381 e. The first-order chi connectivity index (χ1) is 5.36. The molecule has 0 unspecified atom stereocenters. The summed E-state index contributed by atoms with van der Waals surface area (Å²) in [6, 6.07) is 0. The molecule has 1 aliphatic heterocycles. The lowest BCUT2D eigenvalue weighted by Gasteiger charge is -2.38. The van der Waals surface area contributed by atoms with Crippen LogP contribution in [0.2, 0.25) is 0 Å².